The van der Waals surface area contributed by atoms with E-state index in [4.69, 9.17) is 14.6 Å². The van der Waals surface area contributed by atoms with Crippen LogP contribution in [0.2, 0.25) is 0 Å². The van der Waals surface area contributed by atoms with Crippen molar-refractivity contribution >= 4 is 5.97 Å². The smallest absolute Gasteiger partial charge is 0.335 e. The molecule has 0 heterocycles. The Morgan fingerprint density at radius 1 is 1.37 bits per heavy atom. The van der Waals surface area contributed by atoms with Gasteiger partial charge < -0.3 is 19.7 Å². The van der Waals surface area contributed by atoms with Gasteiger partial charge in [-0.05, 0) is 24.6 Å². The van der Waals surface area contributed by atoms with Crippen molar-refractivity contribution < 1.29 is 24.5 Å². The zero-order valence-electron chi connectivity index (χ0n) is 11.0. The first kappa shape index (κ1) is 15.5. The van der Waals surface area contributed by atoms with Crippen molar-refractivity contribution in [3.63, 3.8) is 0 Å². The molecule has 1 atom stereocenters. The monoisotopic (exact) mass is 268 g/mol. The van der Waals surface area contributed by atoms with Gasteiger partial charge >= 0.3 is 5.97 Å². The van der Waals surface area contributed by atoms with Crippen molar-refractivity contribution in [2.45, 2.75) is 25.9 Å². The van der Waals surface area contributed by atoms with Crippen molar-refractivity contribution in [1.29, 1.82) is 0 Å². The Morgan fingerprint density at radius 2 is 2.16 bits per heavy atom. The number of aliphatic hydroxyl groups is 1. The lowest BCUT2D eigenvalue weighted by atomic mass is 10.2. The second-order valence-electron chi connectivity index (χ2n) is 4.23. The number of benzene rings is 1. The number of hydrogen-bond donors (Lipinski definition) is 2. The van der Waals surface area contributed by atoms with Gasteiger partial charge in [0.05, 0.1) is 12.2 Å². The molecule has 0 saturated heterocycles. The molecule has 0 saturated carbocycles. The Bertz CT molecular complexity index is 391. The molecule has 5 nitrogen and oxygen atoms in total. The average molecular weight is 268 g/mol. The predicted molar refractivity (Wildman–Crippen MR) is 70.6 cm³/mol. The fraction of sp³-hybridized carbons (Fsp3) is 0.500. The van der Waals surface area contributed by atoms with Gasteiger partial charge in [0.25, 0.3) is 0 Å². The Labute approximate surface area is 112 Å². The van der Waals surface area contributed by atoms with Crippen molar-refractivity contribution in [1.82, 2.24) is 0 Å². The summed E-state index contributed by atoms with van der Waals surface area (Å²) in [6.45, 7) is 2.99. The van der Waals surface area contributed by atoms with Gasteiger partial charge in [-0.3, -0.25) is 0 Å². The Kier molecular flexibility index (Phi) is 6.92. The highest BCUT2D eigenvalue weighted by molar-refractivity contribution is 5.87. The highest BCUT2D eigenvalue weighted by Crippen LogP contribution is 2.13. The van der Waals surface area contributed by atoms with Crippen LogP contribution in [0.3, 0.4) is 0 Å². The van der Waals surface area contributed by atoms with Crippen molar-refractivity contribution in [3.05, 3.63) is 29.8 Å². The van der Waals surface area contributed by atoms with Crippen molar-refractivity contribution in [2.75, 3.05) is 19.8 Å². The SMILES string of the molecule is CCCCOCC(O)COc1cccc(C(=O)O)c1. The summed E-state index contributed by atoms with van der Waals surface area (Å²) in [7, 11) is 0. The first-order valence-electron chi connectivity index (χ1n) is 6.35. The zero-order valence-corrected chi connectivity index (χ0v) is 11.0. The third kappa shape index (κ3) is 6.22. The molecule has 1 aromatic rings. The maximum atomic E-state index is 10.8. The van der Waals surface area contributed by atoms with E-state index in [0.717, 1.165) is 12.8 Å². The summed E-state index contributed by atoms with van der Waals surface area (Å²) in [6.07, 6.45) is 1.30. The van der Waals surface area contributed by atoms with Gasteiger partial charge in [-0.15, -0.1) is 0 Å². The van der Waals surface area contributed by atoms with Crippen LogP contribution >= 0.6 is 0 Å². The van der Waals surface area contributed by atoms with Gasteiger partial charge in [0, 0.05) is 6.61 Å². The molecule has 0 bridgehead atoms. The number of carboxylic acid groups (broad SMARTS) is 1. The first-order chi connectivity index (χ1) is 9.13. The minimum atomic E-state index is -1.01. The minimum Gasteiger partial charge on any atom is -0.491 e. The molecule has 1 aromatic carbocycles. The molecule has 2 N–H and O–H groups in total. The quantitative estimate of drug-likeness (QED) is 0.669. The Morgan fingerprint density at radius 3 is 2.84 bits per heavy atom. The summed E-state index contributed by atoms with van der Waals surface area (Å²) < 4.78 is 10.6. The van der Waals surface area contributed by atoms with Crippen LogP contribution in [0.5, 0.6) is 5.75 Å². The van der Waals surface area contributed by atoms with Crippen LogP contribution in [-0.2, 0) is 4.74 Å². The van der Waals surface area contributed by atoms with Gasteiger partial charge in [0.2, 0.25) is 0 Å². The molecular weight excluding hydrogens is 248 g/mol. The maximum Gasteiger partial charge on any atom is 0.335 e. The number of ether oxygens (including phenoxy) is 2. The molecule has 0 aromatic heterocycles. The molecule has 0 amide bonds. The summed E-state index contributed by atoms with van der Waals surface area (Å²) >= 11 is 0. The van der Waals surface area contributed by atoms with Crippen molar-refractivity contribution in [2.24, 2.45) is 0 Å². The molecule has 19 heavy (non-hydrogen) atoms. The number of carbonyl (C=O) groups is 1. The molecule has 0 aliphatic carbocycles. The second kappa shape index (κ2) is 8.50. The average Bonchev–Trinajstić information content (AvgIpc) is 2.41. The number of aliphatic hydroxyl groups excluding tert-OH is 1. The molecule has 1 unspecified atom stereocenters. The maximum absolute atomic E-state index is 10.8. The molecule has 1 rings (SSSR count). The van der Waals surface area contributed by atoms with E-state index >= 15 is 0 Å². The lowest BCUT2D eigenvalue weighted by Crippen LogP contribution is -2.23. The van der Waals surface area contributed by atoms with Crippen LogP contribution in [0.25, 0.3) is 0 Å². The molecule has 0 spiro atoms. The normalized spacial score (nSPS) is 12.1. The predicted octanol–water partition coefficient (Wildman–Crippen LogP) is 1.94. The number of hydrogen-bond acceptors (Lipinski definition) is 4. The summed E-state index contributed by atoms with van der Waals surface area (Å²) in [6, 6.07) is 6.16. The van der Waals surface area contributed by atoms with Crippen molar-refractivity contribution in [3.8, 4) is 5.75 Å². The molecular formula is C14H20O5. The van der Waals surface area contributed by atoms with Gasteiger partial charge in [-0.1, -0.05) is 19.4 Å². The minimum absolute atomic E-state index is 0.0786. The number of aromatic carboxylic acids is 1. The third-order valence-electron chi connectivity index (χ3n) is 2.48. The van der Waals surface area contributed by atoms with E-state index in [0.29, 0.717) is 12.4 Å². The second-order valence-corrected chi connectivity index (χ2v) is 4.23. The van der Waals surface area contributed by atoms with Crippen LogP contribution in [0, 0.1) is 0 Å². The van der Waals surface area contributed by atoms with E-state index in [2.05, 4.69) is 6.92 Å². The van der Waals surface area contributed by atoms with E-state index < -0.39 is 12.1 Å². The highest BCUT2D eigenvalue weighted by atomic mass is 16.5. The van der Waals surface area contributed by atoms with E-state index in [1.54, 1.807) is 12.1 Å². The molecule has 0 fully saturated rings. The van der Waals surface area contributed by atoms with Gasteiger partial charge in [-0.2, -0.15) is 0 Å². The van der Waals surface area contributed by atoms with Crippen LogP contribution < -0.4 is 4.74 Å². The van der Waals surface area contributed by atoms with Crippen LogP contribution in [0.4, 0.5) is 0 Å². The standard InChI is InChI=1S/C14H20O5/c1-2-3-7-18-9-12(15)10-19-13-6-4-5-11(8-13)14(16)17/h4-6,8,12,15H,2-3,7,9-10H2,1H3,(H,16,17). The van der Waals surface area contributed by atoms with Crippen LogP contribution in [0.1, 0.15) is 30.1 Å². The number of carboxylic acids is 1. The summed E-state index contributed by atoms with van der Waals surface area (Å²) in [5.74, 6) is -0.582. The van der Waals surface area contributed by atoms with Gasteiger partial charge in [0.1, 0.15) is 18.5 Å². The van der Waals surface area contributed by atoms with E-state index in [1.807, 2.05) is 0 Å². The highest BCUT2D eigenvalue weighted by Gasteiger charge is 2.07. The zero-order chi connectivity index (χ0) is 14.1. The van der Waals surface area contributed by atoms with E-state index in [9.17, 15) is 9.90 Å². The van der Waals surface area contributed by atoms with E-state index in [1.165, 1.54) is 12.1 Å². The largest absolute Gasteiger partial charge is 0.491 e. The fourth-order valence-electron chi connectivity index (χ4n) is 1.43. The lowest BCUT2D eigenvalue weighted by Gasteiger charge is -2.13. The fourth-order valence-corrected chi connectivity index (χ4v) is 1.43. The molecule has 5 heteroatoms. The van der Waals surface area contributed by atoms with Gasteiger partial charge in [-0.25, -0.2) is 4.79 Å². The topological polar surface area (TPSA) is 76.0 Å². The van der Waals surface area contributed by atoms with Crippen LogP contribution in [-0.4, -0.2) is 42.1 Å². The number of unbranched alkanes of at least 4 members (excludes halogenated alkanes) is 1. The molecule has 0 radical (unpaired) electrons. The molecule has 106 valence electrons. The summed E-state index contributed by atoms with van der Waals surface area (Å²) in [5, 5.41) is 18.5. The summed E-state index contributed by atoms with van der Waals surface area (Å²) in [5.41, 5.74) is 0.159. The third-order valence-corrected chi connectivity index (χ3v) is 2.48. The molecule has 0 aliphatic rings. The van der Waals surface area contributed by atoms with Crippen LogP contribution in [0.15, 0.2) is 24.3 Å². The first-order valence-corrected chi connectivity index (χ1v) is 6.35. The Hall–Kier alpha value is -1.59. The summed E-state index contributed by atoms with van der Waals surface area (Å²) in [4.78, 5) is 10.8. The molecule has 0 aliphatic heterocycles. The van der Waals surface area contributed by atoms with Gasteiger partial charge in [0.15, 0.2) is 0 Å². The Balaban J connectivity index is 2.31. The number of rotatable bonds is 9. The van der Waals surface area contributed by atoms with E-state index in [-0.39, 0.29) is 18.8 Å². The lowest BCUT2D eigenvalue weighted by molar-refractivity contribution is 0.0113.